The fraction of sp³-hybridized carbons (Fsp3) is 0.520. The van der Waals surface area contributed by atoms with E-state index in [1.54, 1.807) is 0 Å². The molecule has 4 atom stereocenters. The minimum atomic E-state index is 0.255. The van der Waals surface area contributed by atoms with E-state index in [1.165, 1.54) is 24.0 Å². The first-order valence-electron chi connectivity index (χ1n) is 10.6. The van der Waals surface area contributed by atoms with Gasteiger partial charge >= 0.3 is 0 Å². The van der Waals surface area contributed by atoms with Gasteiger partial charge in [-0.25, -0.2) is 0 Å². The van der Waals surface area contributed by atoms with Gasteiger partial charge in [0.15, 0.2) is 0 Å². The molecule has 2 nitrogen and oxygen atoms in total. The lowest BCUT2D eigenvalue weighted by Gasteiger charge is -2.62. The Morgan fingerprint density at radius 3 is 2.00 bits per heavy atom. The van der Waals surface area contributed by atoms with Gasteiger partial charge in [-0.3, -0.25) is 0 Å². The first kappa shape index (κ1) is 18.7. The zero-order valence-corrected chi connectivity index (χ0v) is 17.0. The molecule has 2 N–H and O–H groups in total. The van der Waals surface area contributed by atoms with Crippen LogP contribution in [0, 0.1) is 23.2 Å². The van der Waals surface area contributed by atoms with Crippen molar-refractivity contribution in [3.63, 3.8) is 0 Å². The SMILES string of the molecule is C[C@@H]1[C@@H](NCCNC(c2ccccc2)c2ccccc2)C[C@H]2C[C@@H]1C2(C)C. The predicted octanol–water partition coefficient (Wildman–Crippen LogP) is 5.03. The van der Waals surface area contributed by atoms with Crippen molar-refractivity contribution in [3.8, 4) is 0 Å². The van der Waals surface area contributed by atoms with Gasteiger partial charge in [-0.05, 0) is 47.1 Å². The smallest absolute Gasteiger partial charge is 0.0577 e. The normalized spacial score (nSPS) is 28.7. The van der Waals surface area contributed by atoms with Crippen LogP contribution in [0.2, 0.25) is 0 Å². The first-order chi connectivity index (χ1) is 13.1. The molecule has 3 saturated carbocycles. The Bertz CT molecular complexity index is 685. The highest BCUT2D eigenvalue weighted by molar-refractivity contribution is 5.31. The summed E-state index contributed by atoms with van der Waals surface area (Å²) in [6, 6.07) is 22.5. The van der Waals surface area contributed by atoms with E-state index >= 15 is 0 Å². The molecule has 27 heavy (non-hydrogen) atoms. The topological polar surface area (TPSA) is 24.1 Å². The Morgan fingerprint density at radius 2 is 1.48 bits per heavy atom. The highest BCUT2D eigenvalue weighted by Crippen LogP contribution is 2.61. The van der Waals surface area contributed by atoms with E-state index < -0.39 is 0 Å². The second-order valence-corrected chi connectivity index (χ2v) is 9.22. The van der Waals surface area contributed by atoms with Gasteiger partial charge in [0.2, 0.25) is 0 Å². The Kier molecular flexibility index (Phi) is 5.39. The summed E-state index contributed by atoms with van der Waals surface area (Å²) in [5, 5.41) is 7.65. The van der Waals surface area contributed by atoms with Gasteiger partial charge in [-0.2, -0.15) is 0 Å². The fourth-order valence-electron chi connectivity index (χ4n) is 5.61. The number of benzene rings is 2. The number of fused-ring (bicyclic) bond motifs is 2. The number of rotatable bonds is 7. The highest BCUT2D eigenvalue weighted by Gasteiger charge is 2.55. The molecule has 0 heterocycles. The zero-order chi connectivity index (χ0) is 18.9. The Hall–Kier alpha value is -1.64. The first-order valence-corrected chi connectivity index (χ1v) is 10.6. The van der Waals surface area contributed by atoms with Gasteiger partial charge in [0.25, 0.3) is 0 Å². The van der Waals surface area contributed by atoms with Gasteiger partial charge in [0, 0.05) is 19.1 Å². The zero-order valence-electron chi connectivity index (χ0n) is 17.0. The average molecular weight is 363 g/mol. The van der Waals surface area contributed by atoms with E-state index in [1.807, 2.05) is 0 Å². The molecule has 144 valence electrons. The maximum absolute atomic E-state index is 3.87. The van der Waals surface area contributed by atoms with Gasteiger partial charge in [-0.15, -0.1) is 0 Å². The molecule has 0 aliphatic heterocycles. The Balaban J connectivity index is 1.33. The van der Waals surface area contributed by atoms with Crippen LogP contribution >= 0.6 is 0 Å². The van der Waals surface area contributed by atoms with E-state index in [0.29, 0.717) is 11.5 Å². The highest BCUT2D eigenvalue weighted by atomic mass is 15.0. The van der Waals surface area contributed by atoms with Crippen molar-refractivity contribution < 1.29 is 0 Å². The number of hydrogen-bond acceptors (Lipinski definition) is 2. The minimum absolute atomic E-state index is 0.255. The van der Waals surface area contributed by atoms with E-state index in [9.17, 15) is 0 Å². The molecule has 3 aliphatic rings. The van der Waals surface area contributed by atoms with E-state index in [0.717, 1.165) is 30.8 Å². The van der Waals surface area contributed by atoms with Crippen molar-refractivity contribution in [1.82, 2.24) is 10.6 Å². The van der Waals surface area contributed by atoms with Crippen LogP contribution in [0.3, 0.4) is 0 Å². The standard InChI is InChI=1S/C25H34N2/c1-18-22-16-21(25(22,2)3)17-23(18)26-14-15-27-24(19-10-6-4-7-11-19)20-12-8-5-9-13-20/h4-13,18,21-24,26-27H,14-17H2,1-3H3/t18-,21+,22-,23-/m0/s1. The summed E-state index contributed by atoms with van der Waals surface area (Å²) in [5.41, 5.74) is 3.23. The molecule has 2 bridgehead atoms. The van der Waals surface area contributed by atoms with Crippen molar-refractivity contribution in [3.05, 3.63) is 71.8 Å². The summed E-state index contributed by atoms with van der Waals surface area (Å²) < 4.78 is 0. The molecule has 0 unspecified atom stereocenters. The van der Waals surface area contributed by atoms with Crippen molar-refractivity contribution >= 4 is 0 Å². The molecular formula is C25H34N2. The van der Waals surface area contributed by atoms with Crippen LogP contribution in [0.25, 0.3) is 0 Å². The third-order valence-corrected chi connectivity index (χ3v) is 7.50. The number of hydrogen-bond donors (Lipinski definition) is 2. The summed E-state index contributed by atoms with van der Waals surface area (Å²) in [7, 11) is 0. The van der Waals surface area contributed by atoms with Crippen LogP contribution in [-0.2, 0) is 0 Å². The molecular weight excluding hydrogens is 328 g/mol. The molecule has 0 aromatic heterocycles. The summed E-state index contributed by atoms with van der Waals surface area (Å²) in [6.07, 6.45) is 2.81. The third kappa shape index (κ3) is 3.70. The molecule has 3 aliphatic carbocycles. The van der Waals surface area contributed by atoms with Gasteiger partial charge in [0.05, 0.1) is 6.04 Å². The Morgan fingerprint density at radius 1 is 0.889 bits per heavy atom. The molecule has 0 amide bonds. The minimum Gasteiger partial charge on any atom is -0.312 e. The molecule has 2 heteroatoms. The van der Waals surface area contributed by atoms with Crippen molar-refractivity contribution in [2.75, 3.05) is 13.1 Å². The van der Waals surface area contributed by atoms with Gasteiger partial charge in [0.1, 0.15) is 0 Å². The second-order valence-electron chi connectivity index (χ2n) is 9.22. The maximum atomic E-state index is 3.87. The lowest BCUT2D eigenvalue weighted by Crippen LogP contribution is -2.60. The monoisotopic (exact) mass is 362 g/mol. The van der Waals surface area contributed by atoms with Crippen LogP contribution in [0.5, 0.6) is 0 Å². The van der Waals surface area contributed by atoms with Gasteiger partial charge in [-0.1, -0.05) is 81.4 Å². The fourth-order valence-corrected chi connectivity index (χ4v) is 5.61. The molecule has 5 rings (SSSR count). The molecule has 3 fully saturated rings. The predicted molar refractivity (Wildman–Crippen MR) is 114 cm³/mol. The summed E-state index contributed by atoms with van der Waals surface area (Å²) >= 11 is 0. The molecule has 0 spiro atoms. The van der Waals surface area contributed by atoms with Crippen LogP contribution in [0.1, 0.15) is 50.8 Å². The quantitative estimate of drug-likeness (QED) is 0.675. The van der Waals surface area contributed by atoms with Crippen LogP contribution < -0.4 is 10.6 Å². The Labute approximate surface area is 164 Å². The molecule has 0 radical (unpaired) electrons. The third-order valence-electron chi connectivity index (χ3n) is 7.50. The lowest BCUT2D eigenvalue weighted by atomic mass is 9.45. The van der Waals surface area contributed by atoms with Crippen molar-refractivity contribution in [2.24, 2.45) is 23.2 Å². The summed E-state index contributed by atoms with van der Waals surface area (Å²) in [6.45, 7) is 9.43. The molecule has 0 saturated heterocycles. The number of nitrogens with one attached hydrogen (secondary N) is 2. The van der Waals surface area contributed by atoms with Crippen LogP contribution in [-0.4, -0.2) is 19.1 Å². The average Bonchev–Trinajstić information content (AvgIpc) is 2.70. The van der Waals surface area contributed by atoms with Crippen LogP contribution in [0.15, 0.2) is 60.7 Å². The summed E-state index contributed by atoms with van der Waals surface area (Å²) in [4.78, 5) is 0. The van der Waals surface area contributed by atoms with Crippen molar-refractivity contribution in [1.29, 1.82) is 0 Å². The summed E-state index contributed by atoms with van der Waals surface area (Å²) in [5.74, 6) is 2.62. The van der Waals surface area contributed by atoms with Gasteiger partial charge < -0.3 is 10.6 Å². The second kappa shape index (κ2) is 7.77. The lowest BCUT2D eigenvalue weighted by molar-refractivity contribution is -0.114. The molecule has 2 aromatic rings. The van der Waals surface area contributed by atoms with E-state index in [-0.39, 0.29) is 6.04 Å². The largest absolute Gasteiger partial charge is 0.312 e. The van der Waals surface area contributed by atoms with Crippen molar-refractivity contribution in [2.45, 2.75) is 45.7 Å². The van der Waals surface area contributed by atoms with E-state index in [2.05, 4.69) is 92.1 Å². The van der Waals surface area contributed by atoms with E-state index in [4.69, 9.17) is 0 Å². The van der Waals surface area contributed by atoms with Crippen LogP contribution in [0.4, 0.5) is 0 Å². The maximum Gasteiger partial charge on any atom is 0.0577 e. The molecule has 2 aromatic carbocycles.